The maximum atomic E-state index is 12.8. The van der Waals surface area contributed by atoms with Crippen molar-refractivity contribution in [1.29, 1.82) is 0 Å². The summed E-state index contributed by atoms with van der Waals surface area (Å²) in [4.78, 5) is 37.1. The molecule has 1 saturated heterocycles. The molecule has 33 heavy (non-hydrogen) atoms. The van der Waals surface area contributed by atoms with Gasteiger partial charge in [0, 0.05) is 30.8 Å². The van der Waals surface area contributed by atoms with Gasteiger partial charge in [0.25, 0.3) is 11.6 Å². The van der Waals surface area contributed by atoms with Crippen LogP contribution in [0.4, 0.5) is 11.4 Å². The number of ether oxygens (including phenoxy) is 2. The fourth-order valence-corrected chi connectivity index (χ4v) is 4.38. The van der Waals surface area contributed by atoms with E-state index in [0.717, 1.165) is 5.56 Å². The molecule has 11 heteroatoms. The van der Waals surface area contributed by atoms with Gasteiger partial charge in [0.1, 0.15) is 4.32 Å². The van der Waals surface area contributed by atoms with E-state index >= 15 is 0 Å². The van der Waals surface area contributed by atoms with Crippen LogP contribution in [0, 0.1) is 10.1 Å². The molecule has 0 radical (unpaired) electrons. The molecule has 2 amide bonds. The van der Waals surface area contributed by atoms with E-state index in [1.54, 1.807) is 32.4 Å². The highest BCUT2D eigenvalue weighted by molar-refractivity contribution is 8.26. The van der Waals surface area contributed by atoms with Gasteiger partial charge in [0.05, 0.1) is 24.0 Å². The molecule has 2 aromatic carbocycles. The molecular formula is C22H21N3O6S2. The first-order valence-corrected chi connectivity index (χ1v) is 11.1. The Labute approximate surface area is 199 Å². The summed E-state index contributed by atoms with van der Waals surface area (Å²) in [7, 11) is 3.09. The van der Waals surface area contributed by atoms with Crippen LogP contribution in [0.3, 0.4) is 0 Å². The Bertz CT molecular complexity index is 1120. The lowest BCUT2D eigenvalue weighted by Crippen LogP contribution is -2.29. The number of nitro groups is 1. The summed E-state index contributed by atoms with van der Waals surface area (Å²) in [5.74, 6) is 0.681. The van der Waals surface area contributed by atoms with E-state index in [1.165, 1.54) is 40.9 Å². The van der Waals surface area contributed by atoms with E-state index in [4.69, 9.17) is 21.7 Å². The zero-order valence-corrected chi connectivity index (χ0v) is 19.5. The number of non-ortho nitro benzene ring substituents is 1. The Hall–Kier alpha value is -3.44. The van der Waals surface area contributed by atoms with E-state index in [2.05, 4.69) is 5.32 Å². The Morgan fingerprint density at radius 1 is 1.18 bits per heavy atom. The van der Waals surface area contributed by atoms with Crippen LogP contribution in [0.2, 0.25) is 0 Å². The summed E-state index contributed by atoms with van der Waals surface area (Å²) in [6, 6.07) is 10.9. The number of thiocarbonyl (C=S) groups is 1. The quantitative estimate of drug-likeness (QED) is 0.242. The van der Waals surface area contributed by atoms with Gasteiger partial charge in [-0.25, -0.2) is 0 Å². The number of nitrogens with zero attached hydrogens (tertiary/aromatic N) is 2. The van der Waals surface area contributed by atoms with Crippen molar-refractivity contribution in [2.24, 2.45) is 0 Å². The second kappa shape index (κ2) is 10.9. The number of nitro benzene ring substituents is 1. The Kier molecular flexibility index (Phi) is 8.01. The van der Waals surface area contributed by atoms with Gasteiger partial charge in [0.2, 0.25) is 5.91 Å². The van der Waals surface area contributed by atoms with E-state index < -0.39 is 4.92 Å². The highest BCUT2D eigenvalue weighted by Crippen LogP contribution is 2.34. The third-order valence-corrected chi connectivity index (χ3v) is 6.10. The van der Waals surface area contributed by atoms with E-state index in [9.17, 15) is 19.7 Å². The molecule has 1 aliphatic heterocycles. The first-order chi connectivity index (χ1) is 15.8. The van der Waals surface area contributed by atoms with Gasteiger partial charge in [0.15, 0.2) is 11.5 Å². The van der Waals surface area contributed by atoms with Crippen LogP contribution in [0.15, 0.2) is 47.4 Å². The summed E-state index contributed by atoms with van der Waals surface area (Å²) < 4.78 is 11.0. The topological polar surface area (TPSA) is 111 Å². The largest absolute Gasteiger partial charge is 0.493 e. The molecule has 0 unspecified atom stereocenters. The van der Waals surface area contributed by atoms with E-state index in [-0.39, 0.29) is 23.9 Å². The molecule has 0 saturated carbocycles. The van der Waals surface area contributed by atoms with Crippen molar-refractivity contribution in [1.82, 2.24) is 4.90 Å². The number of benzene rings is 2. The van der Waals surface area contributed by atoms with Crippen molar-refractivity contribution >= 4 is 57.6 Å². The first-order valence-electron chi connectivity index (χ1n) is 9.84. The lowest BCUT2D eigenvalue weighted by Gasteiger charge is -2.14. The molecule has 0 bridgehead atoms. The SMILES string of the molecule is COc1ccc(/C=C2\SC(=S)N(CCCC(=O)Nc3ccc([N+](=O)[O-])cc3)C2=O)cc1OC. The van der Waals surface area contributed by atoms with Gasteiger partial charge in [-0.1, -0.05) is 30.0 Å². The number of rotatable bonds is 9. The normalized spacial score (nSPS) is 14.5. The summed E-state index contributed by atoms with van der Waals surface area (Å²) in [5.41, 5.74) is 1.19. The minimum atomic E-state index is -0.507. The van der Waals surface area contributed by atoms with Crippen LogP contribution in [0.5, 0.6) is 11.5 Å². The molecule has 1 N–H and O–H groups in total. The molecule has 0 aliphatic carbocycles. The van der Waals surface area contributed by atoms with Crippen molar-refractivity contribution in [3.05, 3.63) is 63.0 Å². The average Bonchev–Trinajstić information content (AvgIpc) is 3.06. The van der Waals surface area contributed by atoms with Gasteiger partial charge in [-0.05, 0) is 42.3 Å². The number of carbonyl (C=O) groups excluding carboxylic acids is 2. The van der Waals surface area contributed by atoms with Gasteiger partial charge in [-0.15, -0.1) is 0 Å². The Morgan fingerprint density at radius 3 is 2.52 bits per heavy atom. The molecule has 2 aromatic rings. The Morgan fingerprint density at radius 2 is 1.88 bits per heavy atom. The van der Waals surface area contributed by atoms with E-state index in [0.29, 0.717) is 39.4 Å². The molecule has 9 nitrogen and oxygen atoms in total. The molecule has 1 fully saturated rings. The smallest absolute Gasteiger partial charge is 0.269 e. The number of hydrogen-bond acceptors (Lipinski definition) is 8. The third kappa shape index (κ3) is 6.08. The second-order valence-electron chi connectivity index (χ2n) is 6.90. The average molecular weight is 488 g/mol. The fraction of sp³-hybridized carbons (Fsp3) is 0.227. The van der Waals surface area contributed by atoms with Crippen molar-refractivity contribution in [3.8, 4) is 11.5 Å². The maximum absolute atomic E-state index is 12.8. The van der Waals surface area contributed by atoms with Crippen LogP contribution >= 0.6 is 24.0 Å². The lowest BCUT2D eigenvalue weighted by atomic mass is 10.2. The summed E-state index contributed by atoms with van der Waals surface area (Å²) in [5, 5.41) is 13.4. The van der Waals surface area contributed by atoms with E-state index in [1.807, 2.05) is 6.07 Å². The van der Waals surface area contributed by atoms with Crippen LogP contribution in [0.1, 0.15) is 18.4 Å². The maximum Gasteiger partial charge on any atom is 0.269 e. The van der Waals surface area contributed by atoms with Crippen LogP contribution in [0.25, 0.3) is 6.08 Å². The molecule has 0 atom stereocenters. The van der Waals surface area contributed by atoms with Gasteiger partial charge in [-0.3, -0.25) is 24.6 Å². The molecule has 1 aliphatic rings. The second-order valence-corrected chi connectivity index (χ2v) is 8.58. The van der Waals surface area contributed by atoms with Gasteiger partial charge in [-0.2, -0.15) is 0 Å². The minimum absolute atomic E-state index is 0.0523. The number of carbonyl (C=O) groups is 2. The van der Waals surface area contributed by atoms with Crippen molar-refractivity contribution in [2.45, 2.75) is 12.8 Å². The number of thioether (sulfide) groups is 1. The van der Waals surface area contributed by atoms with Gasteiger partial charge >= 0.3 is 0 Å². The number of hydrogen-bond donors (Lipinski definition) is 1. The van der Waals surface area contributed by atoms with Crippen LogP contribution in [-0.4, -0.2) is 46.7 Å². The summed E-state index contributed by atoms with van der Waals surface area (Å²) >= 11 is 6.55. The predicted molar refractivity (Wildman–Crippen MR) is 130 cm³/mol. The zero-order chi connectivity index (χ0) is 24.0. The van der Waals surface area contributed by atoms with Crippen molar-refractivity contribution < 1.29 is 24.0 Å². The van der Waals surface area contributed by atoms with Crippen molar-refractivity contribution in [3.63, 3.8) is 0 Å². The number of nitrogens with one attached hydrogen (secondary N) is 1. The summed E-state index contributed by atoms with van der Waals surface area (Å²) in [6.45, 7) is 0.307. The molecular weight excluding hydrogens is 466 g/mol. The monoisotopic (exact) mass is 487 g/mol. The zero-order valence-electron chi connectivity index (χ0n) is 17.9. The fourth-order valence-electron chi connectivity index (χ4n) is 3.07. The highest BCUT2D eigenvalue weighted by Gasteiger charge is 2.31. The molecule has 0 aromatic heterocycles. The van der Waals surface area contributed by atoms with Crippen LogP contribution in [-0.2, 0) is 9.59 Å². The van der Waals surface area contributed by atoms with Crippen molar-refractivity contribution in [2.75, 3.05) is 26.1 Å². The number of amides is 2. The number of methoxy groups -OCH3 is 2. The molecule has 172 valence electrons. The molecule has 3 rings (SSSR count). The number of anilines is 1. The standard InChI is InChI=1S/C22H21N3O6S2/c1-30-17-10-5-14(12-18(17)31-2)13-19-21(27)24(22(32)33-19)11-3-4-20(26)23-15-6-8-16(9-7-15)25(28)29/h5-10,12-13H,3-4,11H2,1-2H3,(H,23,26)/b19-13-. The summed E-state index contributed by atoms with van der Waals surface area (Å²) in [6.07, 6.45) is 2.32. The predicted octanol–water partition coefficient (Wildman–Crippen LogP) is 4.23. The first kappa shape index (κ1) is 24.2. The highest BCUT2D eigenvalue weighted by atomic mass is 32.2. The van der Waals surface area contributed by atoms with Crippen LogP contribution < -0.4 is 14.8 Å². The Balaban J connectivity index is 1.55. The lowest BCUT2D eigenvalue weighted by molar-refractivity contribution is -0.384. The molecule has 1 heterocycles. The third-order valence-electron chi connectivity index (χ3n) is 4.73. The van der Waals surface area contributed by atoms with Gasteiger partial charge < -0.3 is 14.8 Å². The minimum Gasteiger partial charge on any atom is -0.493 e. The molecule has 0 spiro atoms.